The monoisotopic (exact) mass is 345 g/mol. The standard InChI is InChI=1S/C16H23N3O.2ClH/c17-14-5-2-1-4-13(14)12-19-11-3-6-16(15(19)20)7-9-18-10-8-16;;/h1-2,4-5,18H,3,6-12,17H2;2*1H. The predicted octanol–water partition coefficient (Wildman–Crippen LogP) is 2.60. The maximum absolute atomic E-state index is 12.9. The second kappa shape index (κ2) is 8.04. The molecule has 3 rings (SSSR count). The molecule has 2 aliphatic heterocycles. The molecule has 1 aromatic carbocycles. The molecule has 2 aliphatic rings. The van der Waals surface area contributed by atoms with Gasteiger partial charge in [0.05, 0.1) is 5.41 Å². The van der Waals surface area contributed by atoms with E-state index in [0.29, 0.717) is 12.5 Å². The molecule has 0 atom stereocenters. The summed E-state index contributed by atoms with van der Waals surface area (Å²) < 4.78 is 0. The number of carbonyl (C=O) groups is 1. The molecule has 22 heavy (non-hydrogen) atoms. The number of nitrogens with two attached hydrogens (primary N) is 1. The summed E-state index contributed by atoms with van der Waals surface area (Å²) >= 11 is 0. The van der Waals surface area contributed by atoms with Crippen LogP contribution in [0.15, 0.2) is 24.3 Å². The number of para-hydroxylation sites is 1. The van der Waals surface area contributed by atoms with E-state index in [9.17, 15) is 4.79 Å². The van der Waals surface area contributed by atoms with E-state index < -0.39 is 0 Å². The Kier molecular flexibility index (Phi) is 6.98. The molecular formula is C16H25Cl2N3O. The Hall–Kier alpha value is -0.970. The van der Waals surface area contributed by atoms with Crippen LogP contribution in [-0.4, -0.2) is 30.4 Å². The Morgan fingerprint density at radius 2 is 1.82 bits per heavy atom. The van der Waals surface area contributed by atoms with Gasteiger partial charge in [-0.3, -0.25) is 4.79 Å². The van der Waals surface area contributed by atoms with Gasteiger partial charge in [0, 0.05) is 18.8 Å². The second-order valence-electron chi connectivity index (χ2n) is 6.06. The number of hydrogen-bond acceptors (Lipinski definition) is 3. The molecule has 1 spiro atoms. The normalized spacial score (nSPS) is 20.2. The van der Waals surface area contributed by atoms with Crippen LogP contribution < -0.4 is 11.1 Å². The Balaban J connectivity index is 0.00000121. The van der Waals surface area contributed by atoms with Gasteiger partial charge in [-0.1, -0.05) is 18.2 Å². The van der Waals surface area contributed by atoms with Crippen molar-refractivity contribution in [1.29, 1.82) is 0 Å². The van der Waals surface area contributed by atoms with Crippen LogP contribution in [0.2, 0.25) is 0 Å². The molecule has 2 heterocycles. The Morgan fingerprint density at radius 1 is 1.14 bits per heavy atom. The fraction of sp³-hybridized carbons (Fsp3) is 0.562. The molecule has 0 radical (unpaired) electrons. The molecule has 2 saturated heterocycles. The van der Waals surface area contributed by atoms with Crippen molar-refractivity contribution in [2.75, 3.05) is 25.4 Å². The summed E-state index contributed by atoms with van der Waals surface area (Å²) in [5, 5.41) is 3.36. The summed E-state index contributed by atoms with van der Waals surface area (Å²) in [6.45, 7) is 3.45. The number of rotatable bonds is 2. The summed E-state index contributed by atoms with van der Waals surface area (Å²) in [5.41, 5.74) is 7.75. The quantitative estimate of drug-likeness (QED) is 0.810. The highest BCUT2D eigenvalue weighted by molar-refractivity contribution is 5.85. The van der Waals surface area contributed by atoms with E-state index in [1.54, 1.807) is 0 Å². The number of amides is 1. The van der Waals surface area contributed by atoms with Crippen molar-refractivity contribution in [3.63, 3.8) is 0 Å². The van der Waals surface area contributed by atoms with Gasteiger partial charge in [-0.2, -0.15) is 0 Å². The van der Waals surface area contributed by atoms with Crippen molar-refractivity contribution in [2.45, 2.75) is 32.2 Å². The molecule has 0 saturated carbocycles. The largest absolute Gasteiger partial charge is 0.398 e. The van der Waals surface area contributed by atoms with Crippen LogP contribution in [0.4, 0.5) is 5.69 Å². The first-order valence-electron chi connectivity index (χ1n) is 7.55. The number of nitrogens with zero attached hydrogens (tertiary/aromatic N) is 1. The molecule has 4 nitrogen and oxygen atoms in total. The summed E-state index contributed by atoms with van der Waals surface area (Å²) in [6, 6.07) is 7.85. The van der Waals surface area contributed by atoms with Crippen LogP contribution in [0.3, 0.4) is 0 Å². The molecular weight excluding hydrogens is 321 g/mol. The van der Waals surface area contributed by atoms with Crippen LogP contribution >= 0.6 is 24.8 Å². The maximum Gasteiger partial charge on any atom is 0.229 e. The van der Waals surface area contributed by atoms with E-state index in [-0.39, 0.29) is 30.2 Å². The van der Waals surface area contributed by atoms with Gasteiger partial charge in [0.25, 0.3) is 0 Å². The van der Waals surface area contributed by atoms with Crippen LogP contribution in [0.1, 0.15) is 31.2 Å². The van der Waals surface area contributed by atoms with Gasteiger partial charge in [-0.05, 0) is 50.4 Å². The average molecular weight is 346 g/mol. The Morgan fingerprint density at radius 3 is 2.50 bits per heavy atom. The van der Waals surface area contributed by atoms with Gasteiger partial charge in [0.1, 0.15) is 0 Å². The van der Waals surface area contributed by atoms with E-state index in [2.05, 4.69) is 5.32 Å². The molecule has 0 unspecified atom stereocenters. The van der Waals surface area contributed by atoms with Crippen molar-refractivity contribution < 1.29 is 4.79 Å². The number of benzene rings is 1. The molecule has 1 amide bonds. The minimum absolute atomic E-state index is 0. The van der Waals surface area contributed by atoms with Crippen LogP contribution in [0.5, 0.6) is 0 Å². The summed E-state index contributed by atoms with van der Waals surface area (Å²) in [6.07, 6.45) is 4.12. The minimum Gasteiger partial charge on any atom is -0.398 e. The van der Waals surface area contributed by atoms with Gasteiger partial charge < -0.3 is 16.0 Å². The molecule has 124 valence electrons. The third-order valence-electron chi connectivity index (χ3n) is 4.80. The smallest absolute Gasteiger partial charge is 0.229 e. The summed E-state index contributed by atoms with van der Waals surface area (Å²) in [4.78, 5) is 14.9. The topological polar surface area (TPSA) is 58.4 Å². The number of carbonyl (C=O) groups excluding carboxylic acids is 1. The maximum atomic E-state index is 12.9. The number of anilines is 1. The number of hydrogen-bond donors (Lipinski definition) is 2. The fourth-order valence-electron chi connectivity index (χ4n) is 3.56. The summed E-state index contributed by atoms with van der Waals surface area (Å²) in [7, 11) is 0. The predicted molar refractivity (Wildman–Crippen MR) is 94.5 cm³/mol. The van der Waals surface area contributed by atoms with E-state index in [1.165, 1.54) is 0 Å². The van der Waals surface area contributed by atoms with Crippen molar-refractivity contribution in [3.8, 4) is 0 Å². The van der Waals surface area contributed by atoms with Gasteiger partial charge in [0.15, 0.2) is 0 Å². The highest BCUT2D eigenvalue weighted by Crippen LogP contribution is 2.39. The molecule has 0 aliphatic carbocycles. The van der Waals surface area contributed by atoms with Crippen LogP contribution in [0.25, 0.3) is 0 Å². The van der Waals surface area contributed by atoms with Crippen LogP contribution in [-0.2, 0) is 11.3 Å². The number of likely N-dealkylation sites (tertiary alicyclic amines) is 1. The number of nitrogen functional groups attached to an aromatic ring is 1. The highest BCUT2D eigenvalue weighted by atomic mass is 35.5. The van der Waals surface area contributed by atoms with E-state index in [0.717, 1.165) is 56.6 Å². The third-order valence-corrected chi connectivity index (χ3v) is 4.80. The van der Waals surface area contributed by atoms with Gasteiger partial charge >= 0.3 is 0 Å². The zero-order valence-electron chi connectivity index (χ0n) is 12.7. The lowest BCUT2D eigenvalue weighted by Crippen LogP contribution is -2.52. The zero-order valence-corrected chi connectivity index (χ0v) is 14.3. The van der Waals surface area contributed by atoms with Crippen molar-refractivity contribution >= 4 is 36.4 Å². The lowest BCUT2D eigenvalue weighted by Gasteiger charge is -2.44. The molecule has 2 fully saturated rings. The van der Waals surface area contributed by atoms with Gasteiger partial charge in [-0.25, -0.2) is 0 Å². The number of nitrogens with one attached hydrogen (secondary N) is 1. The first kappa shape index (κ1) is 19.1. The summed E-state index contributed by atoms with van der Waals surface area (Å²) in [5.74, 6) is 0.341. The molecule has 6 heteroatoms. The lowest BCUT2D eigenvalue weighted by molar-refractivity contribution is -0.149. The highest BCUT2D eigenvalue weighted by Gasteiger charge is 2.44. The van der Waals surface area contributed by atoms with Crippen molar-refractivity contribution in [1.82, 2.24) is 10.2 Å². The SMILES string of the molecule is Cl.Cl.Nc1ccccc1CN1CCCC2(CCNCC2)C1=O. The minimum atomic E-state index is -0.104. The van der Waals surface area contributed by atoms with Crippen molar-refractivity contribution in [3.05, 3.63) is 29.8 Å². The molecule has 1 aromatic rings. The zero-order chi connectivity index (χ0) is 14.0. The first-order chi connectivity index (χ1) is 9.71. The van der Waals surface area contributed by atoms with Gasteiger partial charge in [-0.15, -0.1) is 24.8 Å². The molecule has 0 aromatic heterocycles. The number of halogens is 2. The molecule has 3 N–H and O–H groups in total. The van der Waals surface area contributed by atoms with E-state index in [1.807, 2.05) is 29.2 Å². The molecule has 0 bridgehead atoms. The van der Waals surface area contributed by atoms with Crippen LogP contribution in [0, 0.1) is 5.41 Å². The van der Waals surface area contributed by atoms with Crippen molar-refractivity contribution in [2.24, 2.45) is 5.41 Å². The average Bonchev–Trinajstić information content (AvgIpc) is 2.47. The first-order valence-corrected chi connectivity index (χ1v) is 7.55. The second-order valence-corrected chi connectivity index (χ2v) is 6.06. The third kappa shape index (κ3) is 3.67. The lowest BCUT2D eigenvalue weighted by atomic mass is 9.72. The fourth-order valence-corrected chi connectivity index (χ4v) is 3.56. The van der Waals surface area contributed by atoms with E-state index >= 15 is 0 Å². The Bertz CT molecular complexity index is 498. The van der Waals surface area contributed by atoms with E-state index in [4.69, 9.17) is 5.73 Å². The Labute approximate surface area is 144 Å². The van der Waals surface area contributed by atoms with Gasteiger partial charge in [0.2, 0.25) is 5.91 Å². The number of piperidine rings is 2.